The molecule has 4 nitrogen and oxygen atoms in total. The van der Waals surface area contributed by atoms with Gasteiger partial charge in [0.05, 0.1) is 45.3 Å². The zero-order valence-corrected chi connectivity index (χ0v) is 43.0. The van der Waals surface area contributed by atoms with Gasteiger partial charge in [0, 0.05) is 43.7 Å². The van der Waals surface area contributed by atoms with Crippen LogP contribution in [-0.2, 0) is 0 Å². The Morgan fingerprint density at radius 3 is 1.02 bits per heavy atom. The summed E-state index contributed by atoms with van der Waals surface area (Å²) in [6.45, 7) is 0. The molecule has 15 aromatic carbocycles. The van der Waals surface area contributed by atoms with E-state index >= 15 is 0 Å². The van der Waals surface area contributed by atoms with Gasteiger partial charge < -0.3 is 9.13 Å². The Morgan fingerprint density at radius 2 is 0.600 bits per heavy atom. The summed E-state index contributed by atoms with van der Waals surface area (Å²) in [7, 11) is 0. The van der Waals surface area contributed by atoms with Crippen molar-refractivity contribution in [2.45, 2.75) is 0 Å². The maximum Gasteiger partial charge on any atom is 0.0998 e. The SMILES string of the molecule is N#Cc1ccc2c3c1ccc1c(-c4ccc5c(-c6ccc7ccccc7c6)c6cc(-c7ccc8c9c7ccc7c(C#N)ccc(c79)n8-c7ccccc7)ccc6c(-c6ccc7ccccc7c6)c5c4)ccc(c13)n2-c1ccccc1. The van der Waals surface area contributed by atoms with E-state index in [9.17, 15) is 10.5 Å². The van der Waals surface area contributed by atoms with E-state index in [1.807, 2.05) is 12.1 Å². The molecule has 366 valence electrons. The third-order valence-electron chi connectivity index (χ3n) is 17.3. The second kappa shape index (κ2) is 16.7. The summed E-state index contributed by atoms with van der Waals surface area (Å²) >= 11 is 0. The number of benzene rings is 15. The highest BCUT2D eigenvalue weighted by Crippen LogP contribution is 2.50. The minimum absolute atomic E-state index is 0.675. The molecule has 0 atom stereocenters. The molecule has 0 radical (unpaired) electrons. The Bertz CT molecular complexity index is 5210. The average molecular weight is 1010 g/mol. The van der Waals surface area contributed by atoms with E-state index in [1.54, 1.807) is 0 Å². The fourth-order valence-electron chi connectivity index (χ4n) is 13.8. The van der Waals surface area contributed by atoms with E-state index in [0.717, 1.165) is 110 Å². The van der Waals surface area contributed by atoms with Crippen molar-refractivity contribution in [1.29, 1.82) is 10.5 Å². The number of hydrogen-bond acceptors (Lipinski definition) is 2. The molecule has 0 spiro atoms. The van der Waals surface area contributed by atoms with E-state index in [2.05, 4.69) is 264 Å². The molecule has 0 aliphatic rings. The van der Waals surface area contributed by atoms with Crippen LogP contribution in [0.5, 0.6) is 0 Å². The molecule has 0 fully saturated rings. The molecular formula is C76H42N4. The van der Waals surface area contributed by atoms with Crippen molar-refractivity contribution in [2.24, 2.45) is 0 Å². The Kier molecular flexibility index (Phi) is 9.23. The molecule has 17 rings (SSSR count). The third-order valence-corrected chi connectivity index (χ3v) is 17.3. The minimum atomic E-state index is 0.675. The first-order chi connectivity index (χ1) is 39.6. The number of para-hydroxylation sites is 2. The highest BCUT2D eigenvalue weighted by atomic mass is 15.0. The van der Waals surface area contributed by atoms with Crippen molar-refractivity contribution >= 4 is 108 Å². The molecule has 0 unspecified atom stereocenters. The lowest BCUT2D eigenvalue weighted by Gasteiger charge is -2.21. The van der Waals surface area contributed by atoms with Gasteiger partial charge in [0.25, 0.3) is 0 Å². The van der Waals surface area contributed by atoms with Crippen LogP contribution in [0.2, 0.25) is 0 Å². The van der Waals surface area contributed by atoms with Gasteiger partial charge in [-0.1, -0.05) is 170 Å². The van der Waals surface area contributed by atoms with Gasteiger partial charge in [0.1, 0.15) is 0 Å². The fourth-order valence-corrected chi connectivity index (χ4v) is 13.8. The molecule has 0 N–H and O–H groups in total. The largest absolute Gasteiger partial charge is 0.309 e. The van der Waals surface area contributed by atoms with E-state index in [1.165, 1.54) is 54.2 Å². The van der Waals surface area contributed by atoms with Gasteiger partial charge in [0.2, 0.25) is 0 Å². The van der Waals surface area contributed by atoms with Crippen LogP contribution in [0.25, 0.3) is 164 Å². The van der Waals surface area contributed by atoms with Crippen molar-refractivity contribution in [1.82, 2.24) is 9.13 Å². The Balaban J connectivity index is 0.966. The zero-order valence-electron chi connectivity index (χ0n) is 43.0. The second-order valence-electron chi connectivity index (χ2n) is 21.3. The summed E-state index contributed by atoms with van der Waals surface area (Å²) < 4.78 is 4.69. The third kappa shape index (κ3) is 6.19. The standard InChI is InChI=1S/C76H42N4/c77-43-53-25-35-67-73-59(53)29-31-61-57(33-37-69(75(61)73)79(67)55-15-3-1-4-16-55)49-23-27-63-65(41-49)71(51-21-19-45-11-7-9-13-47(45)39-51)64-28-24-50(42-66(64)72(63)52-22-20-46-12-8-10-14-48(46)40-52)58-34-38-70-76-62(58)32-30-60-54(44-78)26-36-68(74(60)76)80(70)56-17-5-2-6-18-56/h1-42H. The average Bonchev–Trinajstić information content (AvgIpc) is 4.27. The highest BCUT2D eigenvalue weighted by molar-refractivity contribution is 6.30. The first kappa shape index (κ1) is 44.1. The summed E-state index contributed by atoms with van der Waals surface area (Å²) in [5.41, 5.74) is 17.1. The predicted octanol–water partition coefficient (Wildman–Crippen LogP) is 20.1. The van der Waals surface area contributed by atoms with Crippen molar-refractivity contribution in [3.63, 3.8) is 0 Å². The summed E-state index contributed by atoms with van der Waals surface area (Å²) in [6, 6.07) is 97.5. The minimum Gasteiger partial charge on any atom is -0.309 e. The molecule has 0 aliphatic heterocycles. The van der Waals surface area contributed by atoms with Gasteiger partial charge in [-0.05, 0) is 183 Å². The van der Waals surface area contributed by atoms with Crippen LogP contribution < -0.4 is 0 Å². The Labute approximate surface area is 459 Å². The lowest BCUT2D eigenvalue weighted by atomic mass is 9.82. The zero-order chi connectivity index (χ0) is 52.7. The van der Waals surface area contributed by atoms with Crippen molar-refractivity contribution in [3.05, 3.63) is 266 Å². The number of fused-ring (bicyclic) bond motifs is 4. The molecule has 80 heavy (non-hydrogen) atoms. The summed E-state index contributed by atoms with van der Waals surface area (Å²) in [4.78, 5) is 0. The van der Waals surface area contributed by atoms with Gasteiger partial charge >= 0.3 is 0 Å². The molecule has 0 saturated heterocycles. The lowest BCUT2D eigenvalue weighted by Crippen LogP contribution is -1.94. The monoisotopic (exact) mass is 1010 g/mol. The van der Waals surface area contributed by atoms with Crippen LogP contribution in [0.1, 0.15) is 11.1 Å². The van der Waals surface area contributed by atoms with E-state index in [-0.39, 0.29) is 0 Å². The molecule has 0 saturated carbocycles. The van der Waals surface area contributed by atoms with Gasteiger partial charge in [-0.15, -0.1) is 0 Å². The van der Waals surface area contributed by atoms with Crippen molar-refractivity contribution in [3.8, 4) is 68.0 Å². The van der Waals surface area contributed by atoms with Crippen LogP contribution >= 0.6 is 0 Å². The maximum atomic E-state index is 10.4. The molecule has 4 heteroatoms. The van der Waals surface area contributed by atoms with Crippen LogP contribution in [0.3, 0.4) is 0 Å². The predicted molar refractivity (Wildman–Crippen MR) is 334 cm³/mol. The molecule has 0 bridgehead atoms. The van der Waals surface area contributed by atoms with Gasteiger partial charge in [-0.3, -0.25) is 0 Å². The Hall–Kier alpha value is -11.0. The van der Waals surface area contributed by atoms with E-state index in [4.69, 9.17) is 0 Å². The van der Waals surface area contributed by atoms with Crippen molar-refractivity contribution < 1.29 is 0 Å². The number of aromatic nitrogens is 2. The van der Waals surface area contributed by atoms with Crippen molar-refractivity contribution in [2.75, 3.05) is 0 Å². The second-order valence-corrected chi connectivity index (χ2v) is 21.3. The number of rotatable bonds is 6. The number of nitrogens with zero attached hydrogens (tertiary/aromatic N) is 4. The first-order valence-electron chi connectivity index (χ1n) is 27.2. The normalized spacial score (nSPS) is 12.0. The molecule has 17 aromatic rings. The van der Waals surface area contributed by atoms with Crippen LogP contribution in [0.15, 0.2) is 255 Å². The van der Waals surface area contributed by atoms with E-state index < -0.39 is 0 Å². The summed E-state index contributed by atoms with van der Waals surface area (Å²) in [5, 5.41) is 39.0. The fraction of sp³-hybridized carbons (Fsp3) is 0. The smallest absolute Gasteiger partial charge is 0.0998 e. The lowest BCUT2D eigenvalue weighted by molar-refractivity contribution is 1.18. The molecule has 0 aliphatic carbocycles. The van der Waals surface area contributed by atoms with Gasteiger partial charge in [-0.25, -0.2) is 0 Å². The molecular weight excluding hydrogens is 969 g/mol. The number of nitriles is 2. The molecule has 2 aromatic heterocycles. The topological polar surface area (TPSA) is 57.4 Å². The quantitative estimate of drug-likeness (QED) is 0.123. The number of hydrogen-bond donors (Lipinski definition) is 0. The summed E-state index contributed by atoms with van der Waals surface area (Å²) in [6.07, 6.45) is 0. The van der Waals surface area contributed by atoms with Crippen LogP contribution in [-0.4, -0.2) is 9.13 Å². The van der Waals surface area contributed by atoms with Gasteiger partial charge in [-0.2, -0.15) is 10.5 Å². The van der Waals surface area contributed by atoms with Gasteiger partial charge in [0.15, 0.2) is 0 Å². The Morgan fingerprint density at radius 1 is 0.250 bits per heavy atom. The maximum absolute atomic E-state index is 10.4. The summed E-state index contributed by atoms with van der Waals surface area (Å²) in [5.74, 6) is 0. The highest BCUT2D eigenvalue weighted by Gasteiger charge is 2.25. The van der Waals surface area contributed by atoms with Crippen LogP contribution in [0, 0.1) is 22.7 Å². The van der Waals surface area contributed by atoms with Crippen LogP contribution in [0.4, 0.5) is 0 Å². The first-order valence-corrected chi connectivity index (χ1v) is 27.2. The molecule has 2 heterocycles. The van der Waals surface area contributed by atoms with E-state index in [0.29, 0.717) is 11.1 Å². The molecule has 0 amide bonds.